The van der Waals surface area contributed by atoms with Crippen LogP contribution >= 0.6 is 27.5 Å². The van der Waals surface area contributed by atoms with Crippen molar-refractivity contribution in [1.29, 1.82) is 0 Å². The van der Waals surface area contributed by atoms with Crippen LogP contribution in [0, 0.1) is 5.92 Å². The Hall–Kier alpha value is -0.0200. The smallest absolute Gasteiger partial charge is 0.0849 e. The van der Waals surface area contributed by atoms with E-state index in [2.05, 4.69) is 53.4 Å². The largest absolute Gasteiger partial charge is 0.268 e. The van der Waals surface area contributed by atoms with Crippen LogP contribution in [0.4, 0.5) is 0 Å². The highest BCUT2D eigenvalue weighted by Crippen LogP contribution is 2.25. The first kappa shape index (κ1) is 16.0. The summed E-state index contributed by atoms with van der Waals surface area (Å²) in [4.78, 5) is 0.597. The van der Waals surface area contributed by atoms with Crippen molar-refractivity contribution in [2.75, 3.05) is 0 Å². The van der Waals surface area contributed by atoms with Gasteiger partial charge in [-0.15, -0.1) is 0 Å². The molecule has 1 unspecified atom stereocenters. The van der Waals surface area contributed by atoms with Gasteiger partial charge in [0.1, 0.15) is 0 Å². The first-order chi connectivity index (χ1) is 8.51. The van der Waals surface area contributed by atoms with E-state index in [9.17, 15) is 0 Å². The van der Waals surface area contributed by atoms with Gasteiger partial charge in [-0.05, 0) is 38.5 Å². The highest BCUT2D eigenvalue weighted by molar-refractivity contribution is 9.09. The first-order valence-electron chi connectivity index (χ1n) is 6.89. The zero-order valence-corrected chi connectivity index (χ0v) is 14.2. The van der Waals surface area contributed by atoms with Gasteiger partial charge in [-0.3, -0.25) is 4.68 Å². The lowest BCUT2D eigenvalue weighted by atomic mass is 10.0. The third kappa shape index (κ3) is 3.99. The molecule has 0 radical (unpaired) electrons. The standard InChI is InChI=1S/C14H24BrClN2/c1-5-12-14(16)13(18(6-2)17-12)9-7-8-11(15)10(3)4/h10-11H,5-9H2,1-4H3. The Bertz CT molecular complexity index is 374. The molecule has 0 aliphatic rings. The van der Waals surface area contributed by atoms with Gasteiger partial charge in [0.15, 0.2) is 0 Å². The molecule has 1 rings (SSSR count). The molecule has 1 atom stereocenters. The van der Waals surface area contributed by atoms with Crippen molar-refractivity contribution < 1.29 is 0 Å². The number of rotatable bonds is 7. The maximum Gasteiger partial charge on any atom is 0.0849 e. The van der Waals surface area contributed by atoms with Crippen LogP contribution in [0.3, 0.4) is 0 Å². The molecule has 0 aromatic carbocycles. The van der Waals surface area contributed by atoms with Crippen molar-refractivity contribution >= 4 is 27.5 Å². The Kier molecular flexibility index (Phi) is 6.72. The quantitative estimate of drug-likeness (QED) is 0.651. The van der Waals surface area contributed by atoms with E-state index in [1.807, 2.05) is 0 Å². The van der Waals surface area contributed by atoms with Crippen molar-refractivity contribution in [3.05, 3.63) is 16.4 Å². The van der Waals surface area contributed by atoms with Gasteiger partial charge in [0.25, 0.3) is 0 Å². The van der Waals surface area contributed by atoms with Gasteiger partial charge in [-0.25, -0.2) is 0 Å². The molecular formula is C14H24BrClN2. The molecule has 0 N–H and O–H groups in total. The summed E-state index contributed by atoms with van der Waals surface area (Å²) in [6.07, 6.45) is 4.27. The Morgan fingerprint density at radius 1 is 1.33 bits per heavy atom. The molecule has 18 heavy (non-hydrogen) atoms. The lowest BCUT2D eigenvalue weighted by molar-refractivity contribution is 0.546. The van der Waals surface area contributed by atoms with Crippen LogP contribution in [-0.4, -0.2) is 14.6 Å². The molecule has 0 aliphatic heterocycles. The zero-order chi connectivity index (χ0) is 13.7. The van der Waals surface area contributed by atoms with Crippen LogP contribution in [0.2, 0.25) is 5.02 Å². The molecule has 1 heterocycles. The third-order valence-corrected chi connectivity index (χ3v) is 5.26. The van der Waals surface area contributed by atoms with Crippen molar-refractivity contribution in [3.63, 3.8) is 0 Å². The van der Waals surface area contributed by atoms with E-state index in [-0.39, 0.29) is 0 Å². The van der Waals surface area contributed by atoms with Gasteiger partial charge < -0.3 is 0 Å². The zero-order valence-electron chi connectivity index (χ0n) is 11.8. The van der Waals surface area contributed by atoms with E-state index in [4.69, 9.17) is 11.6 Å². The number of aromatic nitrogens is 2. The van der Waals surface area contributed by atoms with Gasteiger partial charge >= 0.3 is 0 Å². The summed E-state index contributed by atoms with van der Waals surface area (Å²) in [5.74, 6) is 0.683. The Balaban J connectivity index is 2.64. The molecule has 2 nitrogen and oxygen atoms in total. The Morgan fingerprint density at radius 3 is 2.50 bits per heavy atom. The number of halogens is 2. The molecule has 4 heteroatoms. The number of nitrogens with zero attached hydrogens (tertiary/aromatic N) is 2. The van der Waals surface area contributed by atoms with Crippen LogP contribution < -0.4 is 0 Å². The van der Waals surface area contributed by atoms with E-state index in [1.165, 1.54) is 12.1 Å². The second kappa shape index (κ2) is 7.54. The van der Waals surface area contributed by atoms with Crippen LogP contribution in [0.25, 0.3) is 0 Å². The summed E-state index contributed by atoms with van der Waals surface area (Å²) in [6.45, 7) is 9.62. The minimum absolute atomic E-state index is 0.597. The van der Waals surface area contributed by atoms with Crippen LogP contribution in [0.15, 0.2) is 0 Å². The highest BCUT2D eigenvalue weighted by Gasteiger charge is 2.15. The second-order valence-electron chi connectivity index (χ2n) is 5.03. The summed E-state index contributed by atoms with van der Waals surface area (Å²) in [5.41, 5.74) is 2.24. The maximum atomic E-state index is 6.39. The van der Waals surface area contributed by atoms with Crippen molar-refractivity contribution in [2.24, 2.45) is 5.92 Å². The minimum Gasteiger partial charge on any atom is -0.268 e. The normalized spacial score (nSPS) is 13.3. The molecule has 0 saturated carbocycles. The fourth-order valence-corrected chi connectivity index (χ4v) is 2.74. The van der Waals surface area contributed by atoms with Gasteiger partial charge in [0.2, 0.25) is 0 Å². The van der Waals surface area contributed by atoms with E-state index in [1.54, 1.807) is 0 Å². The molecule has 0 aliphatic carbocycles. The minimum atomic E-state index is 0.597. The molecule has 1 aromatic heterocycles. The summed E-state index contributed by atoms with van der Waals surface area (Å²) in [7, 11) is 0. The predicted molar refractivity (Wildman–Crippen MR) is 82.8 cm³/mol. The molecule has 0 fully saturated rings. The average Bonchev–Trinajstić information content (AvgIpc) is 2.65. The summed E-state index contributed by atoms with van der Waals surface area (Å²) < 4.78 is 2.06. The third-order valence-electron chi connectivity index (χ3n) is 3.31. The molecule has 0 bridgehead atoms. The van der Waals surface area contributed by atoms with Gasteiger partial charge in [0.05, 0.1) is 16.4 Å². The van der Waals surface area contributed by atoms with Crippen LogP contribution in [0.5, 0.6) is 0 Å². The molecule has 0 saturated heterocycles. The highest BCUT2D eigenvalue weighted by atomic mass is 79.9. The van der Waals surface area contributed by atoms with E-state index in [0.29, 0.717) is 10.7 Å². The number of hydrogen-bond donors (Lipinski definition) is 0. The molecule has 104 valence electrons. The van der Waals surface area contributed by atoms with Crippen molar-refractivity contribution in [2.45, 2.75) is 64.8 Å². The van der Waals surface area contributed by atoms with Crippen molar-refractivity contribution in [3.8, 4) is 0 Å². The number of aryl methyl sites for hydroxylation is 2. The maximum absolute atomic E-state index is 6.39. The van der Waals surface area contributed by atoms with Crippen LogP contribution in [0.1, 0.15) is 51.9 Å². The monoisotopic (exact) mass is 334 g/mol. The summed E-state index contributed by atoms with van der Waals surface area (Å²) in [5, 5.41) is 5.44. The van der Waals surface area contributed by atoms with Gasteiger partial charge in [0, 0.05) is 11.4 Å². The SMILES string of the molecule is CCc1nn(CC)c(CCCC(Br)C(C)C)c1Cl. The van der Waals surface area contributed by atoms with Gasteiger partial charge in [-0.2, -0.15) is 5.10 Å². The van der Waals surface area contributed by atoms with E-state index < -0.39 is 0 Å². The number of hydrogen-bond acceptors (Lipinski definition) is 1. The Morgan fingerprint density at radius 2 is 2.00 bits per heavy atom. The summed E-state index contributed by atoms with van der Waals surface area (Å²) in [6, 6.07) is 0. The lowest BCUT2D eigenvalue weighted by Crippen LogP contribution is -2.08. The molecule has 0 amide bonds. The van der Waals surface area contributed by atoms with Gasteiger partial charge in [-0.1, -0.05) is 48.3 Å². The summed E-state index contributed by atoms with van der Waals surface area (Å²) >= 11 is 10.1. The molecular weight excluding hydrogens is 312 g/mol. The first-order valence-corrected chi connectivity index (χ1v) is 8.18. The van der Waals surface area contributed by atoms with E-state index in [0.717, 1.165) is 36.5 Å². The fraction of sp³-hybridized carbons (Fsp3) is 0.786. The second-order valence-corrected chi connectivity index (χ2v) is 6.58. The van der Waals surface area contributed by atoms with Crippen molar-refractivity contribution in [1.82, 2.24) is 9.78 Å². The van der Waals surface area contributed by atoms with Crippen LogP contribution in [-0.2, 0) is 19.4 Å². The van der Waals surface area contributed by atoms with E-state index >= 15 is 0 Å². The molecule has 1 aromatic rings. The molecule has 0 spiro atoms. The predicted octanol–water partition coefficient (Wildman–Crippen LogP) is 4.86. The number of alkyl halides is 1. The lowest BCUT2D eigenvalue weighted by Gasteiger charge is -2.13. The average molecular weight is 336 g/mol. The Labute approximate surface area is 124 Å². The topological polar surface area (TPSA) is 17.8 Å². The fourth-order valence-electron chi connectivity index (χ4n) is 2.05.